The van der Waals surface area contributed by atoms with E-state index < -0.39 is 12.0 Å². The van der Waals surface area contributed by atoms with Crippen LogP contribution in [0, 0.1) is 5.41 Å². The Morgan fingerprint density at radius 3 is 2.75 bits per heavy atom. The quantitative estimate of drug-likeness (QED) is 0.878. The number of halogens is 1. The van der Waals surface area contributed by atoms with Crippen molar-refractivity contribution in [1.82, 2.24) is 0 Å². The maximum atomic E-state index is 10.8. The maximum Gasteiger partial charge on any atom is 0.320 e. The predicted octanol–water partition coefficient (Wildman–Crippen LogP) is 1.95. The van der Waals surface area contributed by atoms with Gasteiger partial charge in [-0.25, -0.2) is 0 Å². The maximum absolute atomic E-state index is 10.8. The molecule has 1 aromatic carbocycles. The van der Waals surface area contributed by atoms with E-state index in [-0.39, 0.29) is 11.8 Å². The van der Waals surface area contributed by atoms with E-state index in [0.717, 1.165) is 22.9 Å². The molecule has 1 aliphatic heterocycles. The van der Waals surface area contributed by atoms with Crippen molar-refractivity contribution in [3.63, 3.8) is 0 Å². The molecule has 5 nitrogen and oxygen atoms in total. The lowest BCUT2D eigenvalue weighted by atomic mass is 10.1. The number of carboxylic acid groups (broad SMARTS) is 1. The van der Waals surface area contributed by atoms with Gasteiger partial charge < -0.3 is 20.3 Å². The number of rotatable bonds is 3. The number of ether oxygens (including phenoxy) is 2. The summed E-state index contributed by atoms with van der Waals surface area (Å²) in [6.07, 6.45) is 2.53. The topological polar surface area (TPSA) is 81.8 Å². The van der Waals surface area contributed by atoms with Gasteiger partial charge in [0.2, 0.25) is 0 Å². The number of aliphatic carboxylic acids is 1. The fourth-order valence-corrected chi connectivity index (χ4v) is 2.90. The molecular formula is C14H16BrNO4. The Hall–Kier alpha value is -1.27. The Bertz CT molecular complexity index is 556. The zero-order valence-corrected chi connectivity index (χ0v) is 12.5. The Labute approximate surface area is 125 Å². The van der Waals surface area contributed by atoms with Gasteiger partial charge in [0.1, 0.15) is 6.04 Å². The van der Waals surface area contributed by atoms with Crippen molar-refractivity contribution in [1.29, 1.82) is 0 Å². The molecular weight excluding hydrogens is 326 g/mol. The average molecular weight is 342 g/mol. The van der Waals surface area contributed by atoms with E-state index >= 15 is 0 Å². The summed E-state index contributed by atoms with van der Waals surface area (Å²) in [5.74, 6) is 0.349. The Morgan fingerprint density at radius 2 is 2.10 bits per heavy atom. The van der Waals surface area contributed by atoms with Gasteiger partial charge in [-0.1, -0.05) is 0 Å². The number of nitrogens with two attached hydrogens (primary N) is 1. The van der Waals surface area contributed by atoms with Crippen LogP contribution >= 0.6 is 15.9 Å². The first-order valence-electron chi connectivity index (χ1n) is 6.56. The number of fused-ring (bicyclic) bond motifs is 1. The lowest BCUT2D eigenvalue weighted by Gasteiger charge is -2.13. The third-order valence-electron chi connectivity index (χ3n) is 3.86. The van der Waals surface area contributed by atoms with Gasteiger partial charge >= 0.3 is 5.97 Å². The van der Waals surface area contributed by atoms with Crippen LogP contribution in [0.15, 0.2) is 16.6 Å². The van der Waals surface area contributed by atoms with Gasteiger partial charge in [0.15, 0.2) is 11.5 Å². The SMILES string of the molecule is NC(Cc1cc(Br)c2c(c1)OCC1(CC1)CO2)C(=O)O. The monoisotopic (exact) mass is 341 g/mol. The molecule has 1 atom stereocenters. The van der Waals surface area contributed by atoms with E-state index in [0.29, 0.717) is 24.7 Å². The summed E-state index contributed by atoms with van der Waals surface area (Å²) in [5.41, 5.74) is 6.57. The van der Waals surface area contributed by atoms with E-state index in [1.165, 1.54) is 0 Å². The van der Waals surface area contributed by atoms with Gasteiger partial charge in [-0.3, -0.25) is 4.79 Å². The Morgan fingerprint density at radius 1 is 1.40 bits per heavy atom. The summed E-state index contributed by atoms with van der Waals surface area (Å²) in [4.78, 5) is 10.8. The van der Waals surface area contributed by atoms with Gasteiger partial charge in [-0.2, -0.15) is 0 Å². The second kappa shape index (κ2) is 4.93. The molecule has 2 aliphatic rings. The van der Waals surface area contributed by atoms with Crippen LogP contribution in [0.25, 0.3) is 0 Å². The third-order valence-corrected chi connectivity index (χ3v) is 4.44. The second-order valence-corrected chi connectivity index (χ2v) is 6.49. The molecule has 1 fully saturated rings. The number of hydrogen-bond acceptors (Lipinski definition) is 4. The first-order chi connectivity index (χ1) is 9.49. The lowest BCUT2D eigenvalue weighted by Crippen LogP contribution is -2.32. The number of hydrogen-bond donors (Lipinski definition) is 2. The van der Waals surface area contributed by atoms with Crippen molar-refractivity contribution in [2.45, 2.75) is 25.3 Å². The molecule has 0 saturated heterocycles. The largest absolute Gasteiger partial charge is 0.489 e. The highest BCUT2D eigenvalue weighted by molar-refractivity contribution is 9.10. The molecule has 20 heavy (non-hydrogen) atoms. The van der Waals surface area contributed by atoms with Gasteiger partial charge in [-0.05, 0) is 52.9 Å². The highest BCUT2D eigenvalue weighted by Gasteiger charge is 2.46. The summed E-state index contributed by atoms with van der Waals surface area (Å²) in [5, 5.41) is 8.88. The van der Waals surface area contributed by atoms with Crippen LogP contribution in [-0.2, 0) is 11.2 Å². The number of carboxylic acids is 1. The first-order valence-corrected chi connectivity index (χ1v) is 7.35. The van der Waals surface area contributed by atoms with Crippen molar-refractivity contribution in [3.8, 4) is 11.5 Å². The van der Waals surface area contributed by atoms with Crippen molar-refractivity contribution in [2.24, 2.45) is 11.1 Å². The van der Waals surface area contributed by atoms with Crippen LogP contribution in [0.4, 0.5) is 0 Å². The predicted molar refractivity (Wildman–Crippen MR) is 76.1 cm³/mol. The third kappa shape index (κ3) is 2.62. The van der Waals surface area contributed by atoms with E-state index in [9.17, 15) is 4.79 Å². The van der Waals surface area contributed by atoms with E-state index in [1.807, 2.05) is 12.1 Å². The molecule has 1 aliphatic carbocycles. The molecule has 0 amide bonds. The van der Waals surface area contributed by atoms with Gasteiger partial charge in [0.25, 0.3) is 0 Å². The average Bonchev–Trinajstić information content (AvgIpc) is 3.17. The molecule has 0 aromatic heterocycles. The van der Waals surface area contributed by atoms with E-state index in [2.05, 4.69) is 15.9 Å². The van der Waals surface area contributed by atoms with Gasteiger partial charge in [-0.15, -0.1) is 0 Å². The molecule has 1 unspecified atom stereocenters. The van der Waals surface area contributed by atoms with Gasteiger partial charge in [0.05, 0.1) is 17.7 Å². The highest BCUT2D eigenvalue weighted by atomic mass is 79.9. The minimum atomic E-state index is -1.01. The molecule has 1 spiro atoms. The first kappa shape index (κ1) is 13.7. The summed E-state index contributed by atoms with van der Waals surface area (Å²) in [6.45, 7) is 1.33. The molecule has 1 heterocycles. The molecule has 1 aromatic rings. The molecule has 6 heteroatoms. The van der Waals surface area contributed by atoms with Crippen LogP contribution in [0.2, 0.25) is 0 Å². The van der Waals surface area contributed by atoms with E-state index in [1.54, 1.807) is 0 Å². The van der Waals surface area contributed by atoms with Crippen LogP contribution in [0.1, 0.15) is 18.4 Å². The normalized spacial score (nSPS) is 20.3. The van der Waals surface area contributed by atoms with Crippen LogP contribution in [-0.4, -0.2) is 30.3 Å². The van der Waals surface area contributed by atoms with Crippen LogP contribution < -0.4 is 15.2 Å². The van der Waals surface area contributed by atoms with E-state index in [4.69, 9.17) is 20.3 Å². The lowest BCUT2D eigenvalue weighted by molar-refractivity contribution is -0.138. The summed E-state index contributed by atoms with van der Waals surface area (Å²) < 4.78 is 12.5. The van der Waals surface area contributed by atoms with Crippen LogP contribution in [0.5, 0.6) is 11.5 Å². The Balaban J connectivity index is 1.84. The summed E-state index contributed by atoms with van der Waals surface area (Å²) in [7, 11) is 0. The fraction of sp³-hybridized carbons (Fsp3) is 0.500. The second-order valence-electron chi connectivity index (χ2n) is 5.63. The molecule has 108 valence electrons. The van der Waals surface area contributed by atoms with Crippen molar-refractivity contribution >= 4 is 21.9 Å². The number of carbonyl (C=O) groups is 1. The molecule has 3 rings (SSSR count). The Kier molecular flexibility index (Phi) is 3.38. The summed E-state index contributed by atoms with van der Waals surface area (Å²) >= 11 is 3.46. The zero-order valence-electron chi connectivity index (χ0n) is 10.9. The minimum Gasteiger partial charge on any atom is -0.489 e. The highest BCUT2D eigenvalue weighted by Crippen LogP contribution is 2.50. The van der Waals surface area contributed by atoms with Gasteiger partial charge in [0, 0.05) is 5.41 Å². The molecule has 0 radical (unpaired) electrons. The number of benzene rings is 1. The van der Waals surface area contributed by atoms with Crippen LogP contribution in [0.3, 0.4) is 0 Å². The van der Waals surface area contributed by atoms with Crippen molar-refractivity contribution in [3.05, 3.63) is 22.2 Å². The van der Waals surface area contributed by atoms with Crippen molar-refractivity contribution < 1.29 is 19.4 Å². The molecule has 3 N–H and O–H groups in total. The summed E-state index contributed by atoms with van der Waals surface area (Å²) in [6, 6.07) is 2.75. The standard InChI is InChI=1S/C14H16BrNO4/c15-9-3-8(4-10(16)13(17)18)5-11-12(9)20-7-14(1-2-14)6-19-11/h3,5,10H,1-2,4,6-7,16H2,(H,17,18). The molecule has 1 saturated carbocycles. The van der Waals surface area contributed by atoms with Crippen molar-refractivity contribution in [2.75, 3.05) is 13.2 Å². The smallest absolute Gasteiger partial charge is 0.320 e. The zero-order chi connectivity index (χ0) is 14.3. The fourth-order valence-electron chi connectivity index (χ4n) is 2.29. The minimum absolute atomic E-state index is 0.177. The molecule has 0 bridgehead atoms.